The van der Waals surface area contributed by atoms with Crippen LogP contribution in [0.5, 0.6) is 5.75 Å². The van der Waals surface area contributed by atoms with Crippen molar-refractivity contribution < 1.29 is 23.1 Å². The number of fused-ring (bicyclic) bond motifs is 1. The van der Waals surface area contributed by atoms with Crippen molar-refractivity contribution in [3.63, 3.8) is 0 Å². The Hall–Kier alpha value is -3.82. The van der Waals surface area contributed by atoms with E-state index in [0.717, 1.165) is 12.1 Å². The van der Waals surface area contributed by atoms with Crippen LogP contribution in [0.2, 0.25) is 0 Å². The fourth-order valence-electron chi connectivity index (χ4n) is 4.16. The normalized spacial score (nSPS) is 15.5. The van der Waals surface area contributed by atoms with Crippen LogP contribution in [0.3, 0.4) is 0 Å². The zero-order valence-electron chi connectivity index (χ0n) is 20.3. The lowest BCUT2D eigenvalue weighted by molar-refractivity contribution is -0.137. The maximum absolute atomic E-state index is 13.9. The van der Waals surface area contributed by atoms with E-state index < -0.39 is 34.6 Å². The first-order valence-corrected chi connectivity index (χ1v) is 11.7. The smallest absolute Gasteiger partial charge is 0.280 e. The zero-order chi connectivity index (χ0) is 26.0. The fourth-order valence-corrected chi connectivity index (χ4v) is 4.16. The lowest BCUT2D eigenvalue weighted by Gasteiger charge is -2.38. The number of aromatic amines is 1. The zero-order valence-corrected chi connectivity index (χ0v) is 20.3. The molecule has 0 spiro atoms. The molecule has 0 unspecified atom stereocenters. The Morgan fingerprint density at radius 3 is 2.50 bits per heavy atom. The number of aromatic nitrogens is 2. The Bertz CT molecular complexity index is 1340. The molecular formula is C26H28F2N4O4. The van der Waals surface area contributed by atoms with Crippen LogP contribution in [0.4, 0.5) is 8.78 Å². The van der Waals surface area contributed by atoms with Crippen molar-refractivity contribution in [2.45, 2.75) is 45.8 Å². The number of nitrogens with zero attached hydrogens (tertiary/aromatic N) is 2. The Balaban J connectivity index is 1.44. The number of amides is 2. The highest BCUT2D eigenvalue weighted by molar-refractivity contribution is 5.97. The van der Waals surface area contributed by atoms with E-state index in [4.69, 9.17) is 4.74 Å². The maximum atomic E-state index is 13.9. The van der Waals surface area contributed by atoms with E-state index in [1.807, 2.05) is 20.8 Å². The predicted octanol–water partition coefficient (Wildman–Crippen LogP) is 3.42. The van der Waals surface area contributed by atoms with Gasteiger partial charge in [0.2, 0.25) is 5.91 Å². The number of hydrogen-bond donors (Lipinski definition) is 2. The molecule has 190 valence electrons. The summed E-state index contributed by atoms with van der Waals surface area (Å²) in [5.74, 6) is -2.52. The third-order valence-corrected chi connectivity index (χ3v) is 6.14. The summed E-state index contributed by atoms with van der Waals surface area (Å²) in [5.41, 5.74) is -0.642. The molecule has 2 aromatic carbocycles. The minimum atomic E-state index is -0.912. The number of rotatable bonds is 5. The Morgan fingerprint density at radius 1 is 1.14 bits per heavy atom. The maximum Gasteiger partial charge on any atom is 0.280 e. The molecule has 1 fully saturated rings. The average Bonchev–Trinajstić information content (AvgIpc) is 2.83. The van der Waals surface area contributed by atoms with Crippen LogP contribution in [-0.2, 0) is 4.79 Å². The summed E-state index contributed by atoms with van der Waals surface area (Å²) < 4.78 is 32.7. The van der Waals surface area contributed by atoms with E-state index in [1.54, 1.807) is 29.2 Å². The number of ether oxygens (including phenoxy) is 1. The minimum Gasteiger partial charge on any atom is -0.487 e. The Labute approximate surface area is 206 Å². The van der Waals surface area contributed by atoms with E-state index in [1.165, 1.54) is 6.07 Å². The number of H-pyrrole nitrogens is 1. The molecule has 1 aliphatic rings. The summed E-state index contributed by atoms with van der Waals surface area (Å²) in [7, 11) is 0. The van der Waals surface area contributed by atoms with Crippen molar-refractivity contribution in [1.82, 2.24) is 20.2 Å². The molecule has 3 aromatic rings. The van der Waals surface area contributed by atoms with Gasteiger partial charge in [-0.2, -0.15) is 0 Å². The third-order valence-electron chi connectivity index (χ3n) is 6.14. The number of halogens is 2. The third kappa shape index (κ3) is 5.53. The number of carbonyl (C=O) groups excluding carboxylic acids is 2. The minimum absolute atomic E-state index is 0.0332. The molecule has 10 heteroatoms. The first kappa shape index (κ1) is 25.3. The van der Waals surface area contributed by atoms with Crippen molar-refractivity contribution in [3.05, 3.63) is 70.1 Å². The molecule has 4 rings (SSSR count). The molecule has 8 nitrogen and oxygen atoms in total. The molecule has 2 heterocycles. The number of benzene rings is 2. The standard InChI is InChI=1S/C26H28F2N4O4/c1-26(2,3)22(31-24(34)21-23(33)30-19-7-5-4-6-18(19)29-21)25(35)32-12-10-16(11-13-32)36-20-9-8-15(27)14-17(20)28/h4-9,14,16,22H,10-13H2,1-3H3,(H,30,33)(H,31,34)/t22-/m1/s1. The molecule has 0 saturated carbocycles. The second-order valence-corrected chi connectivity index (χ2v) is 9.92. The average molecular weight is 499 g/mol. The highest BCUT2D eigenvalue weighted by Gasteiger charge is 2.38. The van der Waals surface area contributed by atoms with E-state index >= 15 is 0 Å². The second kappa shape index (κ2) is 10.0. The number of nitrogens with one attached hydrogen (secondary N) is 2. The molecule has 1 atom stereocenters. The van der Waals surface area contributed by atoms with Gasteiger partial charge in [0.1, 0.15) is 18.0 Å². The number of piperidine rings is 1. The number of carbonyl (C=O) groups is 2. The first-order chi connectivity index (χ1) is 17.0. The van der Waals surface area contributed by atoms with E-state index in [2.05, 4.69) is 15.3 Å². The van der Waals surface area contributed by atoms with Crippen LogP contribution in [-0.4, -0.2) is 51.9 Å². The molecule has 1 aliphatic heterocycles. The lowest BCUT2D eigenvalue weighted by atomic mass is 9.85. The summed E-state index contributed by atoms with van der Waals surface area (Å²) >= 11 is 0. The van der Waals surface area contributed by atoms with Crippen LogP contribution in [0.15, 0.2) is 47.3 Å². The van der Waals surface area contributed by atoms with Gasteiger partial charge in [0.25, 0.3) is 11.5 Å². The number of likely N-dealkylation sites (tertiary alicyclic amines) is 1. The van der Waals surface area contributed by atoms with Gasteiger partial charge in [-0.1, -0.05) is 32.9 Å². The van der Waals surface area contributed by atoms with Crippen LogP contribution >= 0.6 is 0 Å². The van der Waals surface area contributed by atoms with Crippen LogP contribution in [0.1, 0.15) is 44.1 Å². The van der Waals surface area contributed by atoms with E-state index in [-0.39, 0.29) is 23.5 Å². The first-order valence-electron chi connectivity index (χ1n) is 11.7. The van der Waals surface area contributed by atoms with Gasteiger partial charge in [-0.25, -0.2) is 13.8 Å². The fraction of sp³-hybridized carbons (Fsp3) is 0.385. The summed E-state index contributed by atoms with van der Waals surface area (Å²) in [5, 5.41) is 2.71. The summed E-state index contributed by atoms with van der Waals surface area (Å²) in [6, 6.07) is 9.08. The van der Waals surface area contributed by atoms with Gasteiger partial charge in [0, 0.05) is 32.0 Å². The van der Waals surface area contributed by atoms with Gasteiger partial charge < -0.3 is 19.9 Å². The van der Waals surface area contributed by atoms with Gasteiger partial charge in [-0.05, 0) is 29.7 Å². The largest absolute Gasteiger partial charge is 0.487 e. The van der Waals surface area contributed by atoms with Crippen molar-refractivity contribution in [1.29, 1.82) is 0 Å². The van der Waals surface area contributed by atoms with E-state index in [9.17, 15) is 23.2 Å². The second-order valence-electron chi connectivity index (χ2n) is 9.92. The quantitative estimate of drug-likeness (QED) is 0.561. The molecule has 0 bridgehead atoms. The van der Waals surface area contributed by atoms with E-state index in [0.29, 0.717) is 37.0 Å². The molecule has 1 aromatic heterocycles. The van der Waals surface area contributed by atoms with Gasteiger partial charge in [-0.3, -0.25) is 14.4 Å². The molecule has 1 saturated heterocycles. The van der Waals surface area contributed by atoms with Crippen molar-refractivity contribution in [2.24, 2.45) is 5.41 Å². The molecule has 0 radical (unpaired) electrons. The highest BCUT2D eigenvalue weighted by Crippen LogP contribution is 2.26. The van der Waals surface area contributed by atoms with Gasteiger partial charge in [0.05, 0.1) is 11.0 Å². The summed E-state index contributed by atoms with van der Waals surface area (Å²) in [6.07, 6.45) is 0.551. The SMILES string of the molecule is CC(C)(C)[C@H](NC(=O)c1nc2ccccc2[nH]c1=O)C(=O)N1CCC(Oc2ccc(F)cc2F)CC1. The molecule has 2 amide bonds. The highest BCUT2D eigenvalue weighted by atomic mass is 19.1. The van der Waals surface area contributed by atoms with Gasteiger partial charge in [0.15, 0.2) is 17.3 Å². The lowest BCUT2D eigenvalue weighted by Crippen LogP contribution is -2.57. The number of hydrogen-bond acceptors (Lipinski definition) is 5. The monoisotopic (exact) mass is 498 g/mol. The summed E-state index contributed by atoms with van der Waals surface area (Å²) in [4.78, 5) is 47.4. The van der Waals surface area contributed by atoms with Gasteiger partial charge in [-0.15, -0.1) is 0 Å². The van der Waals surface area contributed by atoms with Crippen LogP contribution in [0.25, 0.3) is 11.0 Å². The Kier molecular flexibility index (Phi) is 7.05. The van der Waals surface area contributed by atoms with Crippen molar-refractivity contribution >= 4 is 22.8 Å². The van der Waals surface area contributed by atoms with Crippen LogP contribution < -0.4 is 15.6 Å². The Morgan fingerprint density at radius 2 is 1.83 bits per heavy atom. The van der Waals surface area contributed by atoms with Crippen molar-refractivity contribution in [3.8, 4) is 5.75 Å². The molecular weight excluding hydrogens is 470 g/mol. The van der Waals surface area contributed by atoms with Gasteiger partial charge >= 0.3 is 0 Å². The van der Waals surface area contributed by atoms with Crippen LogP contribution in [0, 0.1) is 17.0 Å². The molecule has 36 heavy (non-hydrogen) atoms. The topological polar surface area (TPSA) is 104 Å². The van der Waals surface area contributed by atoms with Crippen molar-refractivity contribution in [2.75, 3.05) is 13.1 Å². The number of para-hydroxylation sites is 2. The molecule has 0 aliphatic carbocycles. The predicted molar refractivity (Wildman–Crippen MR) is 130 cm³/mol. The summed E-state index contributed by atoms with van der Waals surface area (Å²) in [6.45, 7) is 6.14. The molecule has 2 N–H and O–H groups in total.